The van der Waals surface area contributed by atoms with Crippen LogP contribution in [0.25, 0.3) is 10.9 Å². The number of nitro groups is 1. The molecular weight excluding hydrogens is 520 g/mol. The fourth-order valence-corrected chi connectivity index (χ4v) is 5.02. The summed E-state index contributed by atoms with van der Waals surface area (Å²) < 4.78 is 0. The molecular formula is C31H34N6O4. The summed E-state index contributed by atoms with van der Waals surface area (Å²) in [6.45, 7) is 8.83. The largest absolute Gasteiger partial charge is 0.478 e. The number of carboxylic acid groups (broad SMARTS) is 1. The van der Waals surface area contributed by atoms with Crippen molar-refractivity contribution in [3.05, 3.63) is 93.5 Å². The predicted molar refractivity (Wildman–Crippen MR) is 161 cm³/mol. The first-order chi connectivity index (χ1) is 19.6. The summed E-state index contributed by atoms with van der Waals surface area (Å²) >= 11 is 0. The second kappa shape index (κ2) is 11.4. The molecule has 0 spiro atoms. The molecule has 3 aromatic carbocycles. The van der Waals surface area contributed by atoms with Crippen LogP contribution in [0.15, 0.2) is 66.7 Å². The van der Waals surface area contributed by atoms with E-state index in [1.54, 1.807) is 30.3 Å². The van der Waals surface area contributed by atoms with E-state index in [1.807, 2.05) is 0 Å². The van der Waals surface area contributed by atoms with Crippen LogP contribution in [0.3, 0.4) is 0 Å². The molecule has 0 saturated carbocycles. The van der Waals surface area contributed by atoms with E-state index in [4.69, 9.17) is 10.1 Å². The first-order valence-electron chi connectivity index (χ1n) is 13.7. The van der Waals surface area contributed by atoms with Gasteiger partial charge in [-0.1, -0.05) is 45.0 Å². The number of non-ortho nitro benzene ring substituents is 1. The Morgan fingerprint density at radius 2 is 1.71 bits per heavy atom. The number of aromatic nitrogens is 2. The molecule has 4 aromatic rings. The quantitative estimate of drug-likeness (QED) is 0.171. The fourth-order valence-electron chi connectivity index (χ4n) is 5.02. The molecule has 0 bridgehead atoms. The van der Waals surface area contributed by atoms with Crippen LogP contribution in [0, 0.1) is 10.1 Å². The minimum Gasteiger partial charge on any atom is -0.478 e. The van der Waals surface area contributed by atoms with Crippen molar-refractivity contribution in [1.29, 1.82) is 0 Å². The standard InChI is InChI=1S/C31H34N6O4/c1-31(2,3)22-8-10-24(11-9-22)36-16-14-23(15-17-36)33-30-34-27-13-12-25(37(40)41)18-26(27)28(35-30)32-19-20-4-6-21(7-5-20)29(38)39/h4-13,18,23H,14-17,19H2,1-3H3,(H,38,39)(H2,32,33,34,35). The van der Waals surface area contributed by atoms with Crippen LogP contribution in [0.2, 0.25) is 0 Å². The summed E-state index contributed by atoms with van der Waals surface area (Å²) in [4.78, 5) is 33.9. The molecule has 5 rings (SSSR count). The molecule has 1 saturated heterocycles. The lowest BCUT2D eigenvalue weighted by molar-refractivity contribution is -0.384. The second-order valence-corrected chi connectivity index (χ2v) is 11.4. The van der Waals surface area contributed by atoms with Crippen molar-refractivity contribution < 1.29 is 14.8 Å². The average Bonchev–Trinajstić information content (AvgIpc) is 2.96. The molecule has 1 aromatic heterocycles. The summed E-state index contributed by atoms with van der Waals surface area (Å²) in [5.41, 5.74) is 4.27. The highest BCUT2D eigenvalue weighted by molar-refractivity contribution is 5.92. The fraction of sp³-hybridized carbons (Fsp3) is 0.323. The highest BCUT2D eigenvalue weighted by Gasteiger charge is 2.22. The molecule has 0 radical (unpaired) electrons. The maximum Gasteiger partial charge on any atom is 0.335 e. The summed E-state index contributed by atoms with van der Waals surface area (Å²) in [7, 11) is 0. The second-order valence-electron chi connectivity index (χ2n) is 11.4. The van der Waals surface area contributed by atoms with E-state index >= 15 is 0 Å². The first-order valence-corrected chi connectivity index (χ1v) is 13.7. The number of hydrogen-bond acceptors (Lipinski definition) is 8. The van der Waals surface area contributed by atoms with Crippen molar-refractivity contribution in [2.45, 2.75) is 51.6 Å². The van der Waals surface area contributed by atoms with Gasteiger partial charge in [-0.05, 0) is 59.7 Å². The monoisotopic (exact) mass is 554 g/mol. The molecule has 10 nitrogen and oxygen atoms in total. The Balaban J connectivity index is 1.31. The van der Waals surface area contributed by atoms with Crippen molar-refractivity contribution >= 4 is 40.0 Å². The number of nitrogens with one attached hydrogen (secondary N) is 2. The number of hydrogen-bond donors (Lipinski definition) is 3. The van der Waals surface area contributed by atoms with Gasteiger partial charge >= 0.3 is 5.97 Å². The third-order valence-corrected chi connectivity index (χ3v) is 7.48. The van der Waals surface area contributed by atoms with Gasteiger partial charge in [0.2, 0.25) is 5.95 Å². The summed E-state index contributed by atoms with van der Waals surface area (Å²) in [5, 5.41) is 27.9. The van der Waals surface area contributed by atoms with Crippen LogP contribution in [0.5, 0.6) is 0 Å². The molecule has 41 heavy (non-hydrogen) atoms. The molecule has 0 aliphatic carbocycles. The molecule has 0 atom stereocenters. The number of fused-ring (bicyclic) bond motifs is 1. The number of benzene rings is 3. The minimum absolute atomic E-state index is 0.0430. The maximum atomic E-state index is 11.4. The van der Waals surface area contributed by atoms with E-state index in [2.05, 4.69) is 65.6 Å². The van der Waals surface area contributed by atoms with Crippen molar-refractivity contribution in [3.63, 3.8) is 0 Å². The number of nitrogens with zero attached hydrogens (tertiary/aromatic N) is 4. The summed E-state index contributed by atoms with van der Waals surface area (Å²) in [6, 6.07) is 20.1. The van der Waals surface area contributed by atoms with E-state index in [9.17, 15) is 14.9 Å². The van der Waals surface area contributed by atoms with Crippen LogP contribution in [0.4, 0.5) is 23.1 Å². The van der Waals surface area contributed by atoms with Crippen LogP contribution < -0.4 is 15.5 Å². The molecule has 0 amide bonds. The predicted octanol–water partition coefficient (Wildman–Crippen LogP) is 6.23. The van der Waals surface area contributed by atoms with E-state index < -0.39 is 10.9 Å². The topological polar surface area (TPSA) is 134 Å². The number of anilines is 3. The Morgan fingerprint density at radius 1 is 1.02 bits per heavy atom. The van der Waals surface area contributed by atoms with Crippen molar-refractivity contribution in [2.75, 3.05) is 28.6 Å². The van der Waals surface area contributed by atoms with Crippen molar-refractivity contribution in [3.8, 4) is 0 Å². The zero-order valence-corrected chi connectivity index (χ0v) is 23.4. The molecule has 1 aliphatic rings. The van der Waals surface area contributed by atoms with Gasteiger partial charge in [0, 0.05) is 48.9 Å². The van der Waals surface area contributed by atoms with Gasteiger partial charge in [0.1, 0.15) is 5.82 Å². The van der Waals surface area contributed by atoms with Gasteiger partial charge in [0.25, 0.3) is 5.69 Å². The Labute approximate surface area is 238 Å². The van der Waals surface area contributed by atoms with Crippen molar-refractivity contribution in [2.24, 2.45) is 0 Å². The van der Waals surface area contributed by atoms with Gasteiger partial charge in [-0.25, -0.2) is 9.78 Å². The SMILES string of the molecule is CC(C)(C)c1ccc(N2CCC(Nc3nc(NCc4ccc(C(=O)O)cc4)c4cc([N+](=O)[O-])ccc4n3)CC2)cc1. The molecule has 10 heteroatoms. The molecule has 0 unspecified atom stereocenters. The third-order valence-electron chi connectivity index (χ3n) is 7.48. The van der Waals surface area contributed by atoms with E-state index in [0.717, 1.165) is 31.5 Å². The third kappa shape index (κ3) is 6.54. The van der Waals surface area contributed by atoms with Crippen LogP contribution in [-0.2, 0) is 12.0 Å². The van der Waals surface area contributed by atoms with Gasteiger partial charge in [-0.3, -0.25) is 10.1 Å². The van der Waals surface area contributed by atoms with E-state index in [1.165, 1.54) is 23.4 Å². The summed E-state index contributed by atoms with van der Waals surface area (Å²) in [6.07, 6.45) is 1.84. The zero-order valence-electron chi connectivity index (χ0n) is 23.4. The van der Waals surface area contributed by atoms with Crippen LogP contribution >= 0.6 is 0 Å². The molecule has 1 fully saturated rings. The Hall–Kier alpha value is -4.73. The summed E-state index contributed by atoms with van der Waals surface area (Å²) in [5.74, 6) is -0.0541. The number of nitro benzene ring substituents is 1. The smallest absolute Gasteiger partial charge is 0.335 e. The van der Waals surface area contributed by atoms with E-state index in [-0.39, 0.29) is 22.7 Å². The van der Waals surface area contributed by atoms with Gasteiger partial charge in [-0.2, -0.15) is 4.98 Å². The van der Waals surface area contributed by atoms with Crippen molar-refractivity contribution in [1.82, 2.24) is 9.97 Å². The zero-order chi connectivity index (χ0) is 29.1. The molecule has 212 valence electrons. The highest BCUT2D eigenvalue weighted by Crippen LogP contribution is 2.29. The van der Waals surface area contributed by atoms with Gasteiger partial charge in [0.15, 0.2) is 0 Å². The maximum absolute atomic E-state index is 11.4. The van der Waals surface area contributed by atoms with E-state index in [0.29, 0.717) is 29.2 Å². The number of carbonyl (C=O) groups is 1. The Bertz CT molecular complexity index is 1560. The first kappa shape index (κ1) is 27.8. The van der Waals surface area contributed by atoms with Crippen LogP contribution in [0.1, 0.15) is 55.1 Å². The highest BCUT2D eigenvalue weighted by atomic mass is 16.6. The average molecular weight is 555 g/mol. The normalized spacial score (nSPS) is 14.2. The van der Waals surface area contributed by atoms with Gasteiger partial charge < -0.3 is 20.6 Å². The molecule has 2 heterocycles. The molecule has 1 aliphatic heterocycles. The van der Waals surface area contributed by atoms with Gasteiger partial charge in [0.05, 0.1) is 16.0 Å². The van der Waals surface area contributed by atoms with Crippen LogP contribution in [-0.4, -0.2) is 45.1 Å². The number of rotatable bonds is 8. The lowest BCUT2D eigenvalue weighted by atomic mass is 9.87. The number of aromatic carboxylic acids is 1. The lowest BCUT2D eigenvalue weighted by Crippen LogP contribution is -2.39. The number of piperidine rings is 1. The Kier molecular flexibility index (Phi) is 7.74. The minimum atomic E-state index is -0.987. The molecule has 3 N–H and O–H groups in total. The Morgan fingerprint density at radius 3 is 2.32 bits per heavy atom. The van der Waals surface area contributed by atoms with Gasteiger partial charge in [-0.15, -0.1) is 0 Å². The lowest BCUT2D eigenvalue weighted by Gasteiger charge is -2.34. The number of carboxylic acids is 1.